The zero-order valence-electron chi connectivity index (χ0n) is 12.4. The molecule has 0 spiro atoms. The van der Waals surface area contributed by atoms with Crippen LogP contribution in [0.25, 0.3) is 0 Å². The Morgan fingerprint density at radius 3 is 2.95 bits per heavy atom. The highest BCUT2D eigenvalue weighted by molar-refractivity contribution is 4.92. The number of hydrogen-bond donors (Lipinski definition) is 1. The van der Waals surface area contributed by atoms with E-state index in [4.69, 9.17) is 5.26 Å². The molecule has 0 aromatic heterocycles. The number of rotatable bonds is 5. The van der Waals surface area contributed by atoms with Gasteiger partial charge >= 0.3 is 0 Å². The second-order valence-corrected chi connectivity index (χ2v) is 6.07. The molecular formula is C15H28N4. The highest BCUT2D eigenvalue weighted by Crippen LogP contribution is 2.29. The van der Waals surface area contributed by atoms with Gasteiger partial charge in [0.1, 0.15) is 0 Å². The number of piperidine rings is 2. The summed E-state index contributed by atoms with van der Waals surface area (Å²) < 4.78 is 0. The molecule has 108 valence electrons. The third-order valence-electron chi connectivity index (χ3n) is 4.77. The van der Waals surface area contributed by atoms with Gasteiger partial charge in [-0.2, -0.15) is 5.26 Å². The molecule has 2 aliphatic rings. The Morgan fingerprint density at radius 1 is 1.37 bits per heavy atom. The van der Waals surface area contributed by atoms with Crippen LogP contribution in [0.2, 0.25) is 0 Å². The van der Waals surface area contributed by atoms with E-state index in [-0.39, 0.29) is 6.04 Å². The fourth-order valence-electron chi connectivity index (χ4n) is 3.70. The normalized spacial score (nSPS) is 30.6. The van der Waals surface area contributed by atoms with Gasteiger partial charge in [0, 0.05) is 19.1 Å². The molecule has 0 aliphatic carbocycles. The average Bonchev–Trinajstić information content (AvgIpc) is 2.43. The van der Waals surface area contributed by atoms with Gasteiger partial charge in [0.05, 0.1) is 12.1 Å². The zero-order chi connectivity index (χ0) is 13.7. The van der Waals surface area contributed by atoms with Gasteiger partial charge in [-0.25, -0.2) is 0 Å². The van der Waals surface area contributed by atoms with Crippen LogP contribution in [0.5, 0.6) is 0 Å². The van der Waals surface area contributed by atoms with Crippen molar-refractivity contribution < 1.29 is 0 Å². The number of likely N-dealkylation sites (tertiary alicyclic amines) is 2. The summed E-state index contributed by atoms with van der Waals surface area (Å²) in [7, 11) is 2.28. The Balaban J connectivity index is 1.76. The van der Waals surface area contributed by atoms with Crippen molar-refractivity contribution in [1.82, 2.24) is 15.1 Å². The first kappa shape index (κ1) is 14.8. The number of nitriles is 1. The van der Waals surface area contributed by atoms with Crippen LogP contribution < -0.4 is 5.32 Å². The van der Waals surface area contributed by atoms with Crippen LogP contribution in [0, 0.1) is 17.2 Å². The Bertz CT molecular complexity index is 312. The lowest BCUT2D eigenvalue weighted by Gasteiger charge is -2.46. The van der Waals surface area contributed by atoms with Gasteiger partial charge in [-0.3, -0.25) is 0 Å². The van der Waals surface area contributed by atoms with Gasteiger partial charge in [-0.15, -0.1) is 0 Å². The van der Waals surface area contributed by atoms with E-state index in [1.165, 1.54) is 38.9 Å². The molecule has 0 aromatic carbocycles. The van der Waals surface area contributed by atoms with Crippen molar-refractivity contribution in [3.05, 3.63) is 0 Å². The standard InChI is InChI=1S/C15H28N4/c1-3-17-14(11-16)6-9-19-10-7-15-13(12-19)5-4-8-18(15)2/h13-15,17H,3-10,12H2,1-2H3. The van der Waals surface area contributed by atoms with E-state index < -0.39 is 0 Å². The highest BCUT2D eigenvalue weighted by atomic mass is 15.2. The highest BCUT2D eigenvalue weighted by Gasteiger charge is 2.33. The van der Waals surface area contributed by atoms with Gasteiger partial charge in [-0.1, -0.05) is 6.92 Å². The lowest BCUT2D eigenvalue weighted by molar-refractivity contribution is 0.0377. The lowest BCUT2D eigenvalue weighted by atomic mass is 9.84. The number of nitrogens with zero attached hydrogens (tertiary/aromatic N) is 3. The molecule has 0 aromatic rings. The molecule has 3 unspecified atom stereocenters. The topological polar surface area (TPSA) is 42.3 Å². The minimum Gasteiger partial charge on any atom is -0.303 e. The fourth-order valence-corrected chi connectivity index (χ4v) is 3.70. The smallest absolute Gasteiger partial charge is 0.0965 e. The van der Waals surface area contributed by atoms with Gasteiger partial charge in [-0.05, 0) is 58.3 Å². The van der Waals surface area contributed by atoms with Crippen molar-refractivity contribution in [1.29, 1.82) is 5.26 Å². The summed E-state index contributed by atoms with van der Waals surface area (Å²) in [5.74, 6) is 0.854. The van der Waals surface area contributed by atoms with E-state index in [1.54, 1.807) is 0 Å². The van der Waals surface area contributed by atoms with Crippen LogP contribution in [0.4, 0.5) is 0 Å². The summed E-state index contributed by atoms with van der Waals surface area (Å²) in [5.41, 5.74) is 0. The maximum Gasteiger partial charge on any atom is 0.0965 e. The second-order valence-electron chi connectivity index (χ2n) is 6.07. The van der Waals surface area contributed by atoms with Crippen LogP contribution in [0.15, 0.2) is 0 Å². The quantitative estimate of drug-likeness (QED) is 0.812. The summed E-state index contributed by atoms with van der Waals surface area (Å²) in [6.07, 6.45) is 5.00. The largest absolute Gasteiger partial charge is 0.303 e. The Hall–Kier alpha value is -0.630. The van der Waals surface area contributed by atoms with Gasteiger partial charge in [0.2, 0.25) is 0 Å². The summed E-state index contributed by atoms with van der Waals surface area (Å²) in [5, 5.41) is 12.3. The van der Waals surface area contributed by atoms with E-state index in [0.717, 1.165) is 31.5 Å². The monoisotopic (exact) mass is 264 g/mol. The van der Waals surface area contributed by atoms with E-state index in [2.05, 4.69) is 35.2 Å². The maximum atomic E-state index is 9.07. The van der Waals surface area contributed by atoms with E-state index in [1.807, 2.05) is 0 Å². The number of nitrogens with one attached hydrogen (secondary N) is 1. The molecule has 2 heterocycles. The van der Waals surface area contributed by atoms with Crippen LogP contribution in [0.3, 0.4) is 0 Å². The third kappa shape index (κ3) is 3.92. The minimum absolute atomic E-state index is 0.0248. The molecule has 0 radical (unpaired) electrons. The van der Waals surface area contributed by atoms with Crippen LogP contribution in [0.1, 0.15) is 32.6 Å². The summed E-state index contributed by atoms with van der Waals surface area (Å²) in [4.78, 5) is 5.13. The van der Waals surface area contributed by atoms with E-state index in [9.17, 15) is 0 Å². The van der Waals surface area contributed by atoms with E-state index in [0.29, 0.717) is 0 Å². The molecule has 4 heteroatoms. The molecule has 2 rings (SSSR count). The summed E-state index contributed by atoms with van der Waals surface area (Å²) in [6.45, 7) is 7.73. The SMILES string of the molecule is CCNC(C#N)CCN1CCC2C(CCCN2C)C1. The fraction of sp³-hybridized carbons (Fsp3) is 0.933. The molecule has 0 amide bonds. The first-order valence-electron chi connectivity index (χ1n) is 7.80. The molecule has 3 atom stereocenters. The zero-order valence-corrected chi connectivity index (χ0v) is 12.4. The van der Waals surface area contributed by atoms with Crippen molar-refractivity contribution in [2.75, 3.05) is 39.8 Å². The molecule has 2 aliphatic heterocycles. The first-order valence-corrected chi connectivity index (χ1v) is 7.80. The maximum absolute atomic E-state index is 9.07. The molecular weight excluding hydrogens is 236 g/mol. The number of hydrogen-bond acceptors (Lipinski definition) is 4. The van der Waals surface area contributed by atoms with Crippen LogP contribution >= 0.6 is 0 Å². The predicted octanol–water partition coefficient (Wildman–Crippen LogP) is 1.29. The molecule has 19 heavy (non-hydrogen) atoms. The minimum atomic E-state index is 0.0248. The van der Waals surface area contributed by atoms with Crippen molar-refractivity contribution in [3.63, 3.8) is 0 Å². The molecule has 2 fully saturated rings. The molecule has 2 saturated heterocycles. The molecule has 0 saturated carbocycles. The number of fused-ring (bicyclic) bond motifs is 1. The second kappa shape index (κ2) is 7.23. The predicted molar refractivity (Wildman–Crippen MR) is 77.9 cm³/mol. The average molecular weight is 264 g/mol. The first-order chi connectivity index (χ1) is 9.24. The van der Waals surface area contributed by atoms with Gasteiger partial charge < -0.3 is 15.1 Å². The van der Waals surface area contributed by atoms with Crippen LogP contribution in [-0.2, 0) is 0 Å². The van der Waals surface area contributed by atoms with Crippen LogP contribution in [-0.4, -0.2) is 61.7 Å². The Labute approximate surface area is 117 Å². The summed E-state index contributed by atoms with van der Waals surface area (Å²) >= 11 is 0. The van der Waals surface area contributed by atoms with Gasteiger partial charge in [0.15, 0.2) is 0 Å². The molecule has 4 nitrogen and oxygen atoms in total. The summed E-state index contributed by atoms with van der Waals surface area (Å²) in [6, 6.07) is 3.20. The Morgan fingerprint density at radius 2 is 2.21 bits per heavy atom. The van der Waals surface area contributed by atoms with Crippen molar-refractivity contribution in [2.24, 2.45) is 5.92 Å². The Kier molecular flexibility index (Phi) is 5.62. The molecule has 1 N–H and O–H groups in total. The molecule has 0 bridgehead atoms. The third-order valence-corrected chi connectivity index (χ3v) is 4.77. The van der Waals surface area contributed by atoms with Crippen molar-refractivity contribution in [3.8, 4) is 6.07 Å². The van der Waals surface area contributed by atoms with E-state index >= 15 is 0 Å². The van der Waals surface area contributed by atoms with Crippen molar-refractivity contribution >= 4 is 0 Å². The van der Waals surface area contributed by atoms with Crippen molar-refractivity contribution in [2.45, 2.75) is 44.7 Å². The van der Waals surface area contributed by atoms with Gasteiger partial charge in [0.25, 0.3) is 0 Å². The lowest BCUT2D eigenvalue weighted by Crippen LogP contribution is -2.53.